The first-order valence-electron chi connectivity index (χ1n) is 7.20. The Hall–Kier alpha value is -2.04. The Balaban J connectivity index is 2.66. The molecule has 0 saturated heterocycles. The second kappa shape index (κ2) is 7.67. The fraction of sp³-hybridized carbons (Fsp3) is 0.500. The van der Waals surface area contributed by atoms with Crippen LogP contribution in [0.3, 0.4) is 0 Å². The van der Waals surface area contributed by atoms with Crippen molar-refractivity contribution in [3.8, 4) is 0 Å². The molecule has 116 valence electrons. The van der Waals surface area contributed by atoms with Crippen LogP contribution in [0.1, 0.15) is 45.1 Å². The van der Waals surface area contributed by atoms with Gasteiger partial charge in [-0.25, -0.2) is 4.79 Å². The van der Waals surface area contributed by atoms with Crippen molar-refractivity contribution in [1.29, 1.82) is 0 Å². The zero-order valence-corrected chi connectivity index (χ0v) is 13.1. The Kier molecular flexibility index (Phi) is 6.21. The van der Waals surface area contributed by atoms with Gasteiger partial charge in [0.15, 0.2) is 0 Å². The van der Waals surface area contributed by atoms with E-state index in [2.05, 4.69) is 5.32 Å². The SMILES string of the molecule is CCC(C)N(C)C(=O)Nc1ccc(C(C)CC(=O)O)cc1. The van der Waals surface area contributed by atoms with Gasteiger partial charge >= 0.3 is 12.0 Å². The Labute approximate surface area is 126 Å². The van der Waals surface area contributed by atoms with Crippen LogP contribution >= 0.6 is 0 Å². The van der Waals surface area contributed by atoms with E-state index in [1.165, 1.54) is 0 Å². The molecule has 0 aliphatic heterocycles. The smallest absolute Gasteiger partial charge is 0.321 e. The van der Waals surface area contributed by atoms with Crippen LogP contribution in [0.25, 0.3) is 0 Å². The lowest BCUT2D eigenvalue weighted by Crippen LogP contribution is -2.37. The molecule has 0 fully saturated rings. The quantitative estimate of drug-likeness (QED) is 0.842. The summed E-state index contributed by atoms with van der Waals surface area (Å²) < 4.78 is 0. The molecular formula is C16H24N2O3. The number of carboxylic acid groups (broad SMARTS) is 1. The third-order valence-electron chi connectivity index (χ3n) is 3.78. The minimum absolute atomic E-state index is 0.0463. The van der Waals surface area contributed by atoms with E-state index in [9.17, 15) is 9.59 Å². The summed E-state index contributed by atoms with van der Waals surface area (Å²) in [6.07, 6.45) is 0.998. The number of benzene rings is 1. The lowest BCUT2D eigenvalue weighted by atomic mass is 9.98. The van der Waals surface area contributed by atoms with Gasteiger partial charge in [-0.05, 0) is 37.0 Å². The Morgan fingerprint density at radius 1 is 1.24 bits per heavy atom. The predicted molar refractivity (Wildman–Crippen MR) is 83.6 cm³/mol. The lowest BCUT2D eigenvalue weighted by Gasteiger charge is -2.24. The molecule has 0 heterocycles. The predicted octanol–water partition coefficient (Wildman–Crippen LogP) is 3.53. The van der Waals surface area contributed by atoms with E-state index in [4.69, 9.17) is 5.11 Å². The average Bonchev–Trinajstić information content (AvgIpc) is 2.45. The fourth-order valence-electron chi connectivity index (χ4n) is 1.96. The van der Waals surface area contributed by atoms with Crippen molar-refractivity contribution in [1.82, 2.24) is 4.90 Å². The number of aliphatic carboxylic acids is 1. The molecule has 2 atom stereocenters. The molecule has 0 radical (unpaired) electrons. The molecule has 0 aliphatic carbocycles. The van der Waals surface area contributed by atoms with Gasteiger partial charge in [0.2, 0.25) is 0 Å². The Bertz CT molecular complexity index is 485. The van der Waals surface area contributed by atoms with Gasteiger partial charge in [0.1, 0.15) is 0 Å². The number of hydrogen-bond acceptors (Lipinski definition) is 2. The van der Waals surface area contributed by atoms with Crippen LogP contribution in [0, 0.1) is 0 Å². The molecular weight excluding hydrogens is 268 g/mol. The maximum absolute atomic E-state index is 12.0. The summed E-state index contributed by atoms with van der Waals surface area (Å²) in [6.45, 7) is 5.90. The summed E-state index contributed by atoms with van der Waals surface area (Å²) in [6, 6.07) is 7.35. The molecule has 0 spiro atoms. The van der Waals surface area contributed by atoms with Crippen molar-refractivity contribution in [2.75, 3.05) is 12.4 Å². The molecule has 0 saturated carbocycles. The van der Waals surface area contributed by atoms with E-state index < -0.39 is 5.97 Å². The number of amides is 2. The number of carbonyl (C=O) groups excluding carboxylic acids is 1. The number of rotatable bonds is 6. The van der Waals surface area contributed by atoms with E-state index in [1.807, 2.05) is 32.9 Å². The molecule has 1 aromatic rings. The first-order chi connectivity index (χ1) is 9.85. The number of nitrogens with zero attached hydrogens (tertiary/aromatic N) is 1. The van der Waals surface area contributed by atoms with Crippen molar-refractivity contribution in [2.24, 2.45) is 0 Å². The maximum Gasteiger partial charge on any atom is 0.321 e. The maximum atomic E-state index is 12.0. The van der Waals surface area contributed by atoms with E-state index in [0.29, 0.717) is 5.69 Å². The average molecular weight is 292 g/mol. The van der Waals surface area contributed by atoms with Gasteiger partial charge in [-0.2, -0.15) is 0 Å². The number of urea groups is 1. The highest BCUT2D eigenvalue weighted by atomic mass is 16.4. The number of nitrogens with one attached hydrogen (secondary N) is 1. The largest absolute Gasteiger partial charge is 0.481 e. The number of anilines is 1. The molecule has 1 aromatic carbocycles. The Morgan fingerprint density at radius 2 is 1.81 bits per heavy atom. The molecule has 21 heavy (non-hydrogen) atoms. The summed E-state index contributed by atoms with van der Waals surface area (Å²) in [5.74, 6) is -0.856. The summed E-state index contributed by atoms with van der Waals surface area (Å²) in [5.41, 5.74) is 1.66. The van der Waals surface area contributed by atoms with Crippen molar-refractivity contribution >= 4 is 17.7 Å². The molecule has 5 heteroatoms. The van der Waals surface area contributed by atoms with Gasteiger partial charge in [-0.15, -0.1) is 0 Å². The van der Waals surface area contributed by atoms with Crippen LogP contribution < -0.4 is 5.32 Å². The lowest BCUT2D eigenvalue weighted by molar-refractivity contribution is -0.137. The van der Waals surface area contributed by atoms with E-state index in [0.717, 1.165) is 12.0 Å². The standard InChI is InChI=1S/C16H24N2O3/c1-5-12(3)18(4)16(21)17-14-8-6-13(7-9-14)11(2)10-15(19)20/h6-9,11-12H,5,10H2,1-4H3,(H,17,21)(H,19,20). The van der Waals surface area contributed by atoms with Crippen LogP contribution in [-0.2, 0) is 4.79 Å². The van der Waals surface area contributed by atoms with Gasteiger partial charge in [-0.1, -0.05) is 26.0 Å². The number of hydrogen-bond donors (Lipinski definition) is 2. The summed E-state index contributed by atoms with van der Waals surface area (Å²) in [5, 5.41) is 11.6. The zero-order valence-electron chi connectivity index (χ0n) is 13.1. The third-order valence-corrected chi connectivity index (χ3v) is 3.78. The van der Waals surface area contributed by atoms with Gasteiger partial charge in [0, 0.05) is 18.8 Å². The highest BCUT2D eigenvalue weighted by Crippen LogP contribution is 2.21. The minimum Gasteiger partial charge on any atom is -0.481 e. The first-order valence-corrected chi connectivity index (χ1v) is 7.20. The molecule has 1 rings (SSSR count). The molecule has 0 bridgehead atoms. The second-order valence-electron chi connectivity index (χ2n) is 5.42. The minimum atomic E-state index is -0.810. The second-order valence-corrected chi connectivity index (χ2v) is 5.42. The van der Waals surface area contributed by atoms with Crippen LogP contribution in [0.5, 0.6) is 0 Å². The van der Waals surface area contributed by atoms with Crippen molar-refractivity contribution in [3.05, 3.63) is 29.8 Å². The highest BCUT2D eigenvalue weighted by Gasteiger charge is 2.14. The van der Waals surface area contributed by atoms with E-state index >= 15 is 0 Å². The van der Waals surface area contributed by atoms with Crippen molar-refractivity contribution in [2.45, 2.75) is 45.6 Å². The summed E-state index contributed by atoms with van der Waals surface area (Å²) >= 11 is 0. The van der Waals surface area contributed by atoms with Gasteiger partial charge in [-0.3, -0.25) is 4.79 Å². The monoisotopic (exact) mass is 292 g/mol. The summed E-state index contributed by atoms with van der Waals surface area (Å²) in [4.78, 5) is 24.4. The van der Waals surface area contributed by atoms with E-state index in [-0.39, 0.29) is 24.4 Å². The molecule has 2 N–H and O–H groups in total. The highest BCUT2D eigenvalue weighted by molar-refractivity contribution is 5.89. The zero-order chi connectivity index (χ0) is 16.0. The topological polar surface area (TPSA) is 69.6 Å². The van der Waals surface area contributed by atoms with E-state index in [1.54, 1.807) is 24.1 Å². The normalized spacial score (nSPS) is 13.3. The molecule has 0 aliphatic rings. The molecule has 2 unspecified atom stereocenters. The fourth-order valence-corrected chi connectivity index (χ4v) is 1.96. The first kappa shape index (κ1) is 17.0. The molecule has 5 nitrogen and oxygen atoms in total. The van der Waals surface area contributed by atoms with Crippen molar-refractivity contribution in [3.63, 3.8) is 0 Å². The van der Waals surface area contributed by atoms with Crippen LogP contribution in [-0.4, -0.2) is 35.1 Å². The number of carboxylic acids is 1. The van der Waals surface area contributed by atoms with Gasteiger partial charge in [0.05, 0.1) is 6.42 Å². The van der Waals surface area contributed by atoms with Gasteiger partial charge in [0.25, 0.3) is 0 Å². The van der Waals surface area contributed by atoms with Crippen molar-refractivity contribution < 1.29 is 14.7 Å². The third kappa shape index (κ3) is 5.10. The summed E-state index contributed by atoms with van der Waals surface area (Å²) in [7, 11) is 1.77. The molecule has 0 aromatic heterocycles. The van der Waals surface area contributed by atoms with Crippen LogP contribution in [0.2, 0.25) is 0 Å². The van der Waals surface area contributed by atoms with Gasteiger partial charge < -0.3 is 15.3 Å². The number of carbonyl (C=O) groups is 2. The molecule has 2 amide bonds. The Morgan fingerprint density at radius 3 is 2.29 bits per heavy atom. The van der Waals surface area contributed by atoms with Crippen LogP contribution in [0.15, 0.2) is 24.3 Å². The van der Waals surface area contributed by atoms with Crippen LogP contribution in [0.4, 0.5) is 10.5 Å².